The van der Waals surface area contributed by atoms with E-state index < -0.39 is 5.97 Å². The van der Waals surface area contributed by atoms with Crippen molar-refractivity contribution in [1.29, 1.82) is 0 Å². The Hall–Kier alpha value is -2.96. The highest BCUT2D eigenvalue weighted by Crippen LogP contribution is 2.32. The molecule has 7 heteroatoms. The quantitative estimate of drug-likeness (QED) is 0.554. The molecular weight excluding hydrogens is 392 g/mol. The summed E-state index contributed by atoms with van der Waals surface area (Å²) in [5.74, 6) is -0.252. The van der Waals surface area contributed by atoms with Crippen LogP contribution in [0.15, 0.2) is 36.9 Å². The lowest BCUT2D eigenvalue weighted by atomic mass is 9.96. The summed E-state index contributed by atoms with van der Waals surface area (Å²) in [6.45, 7) is 12.3. The summed E-state index contributed by atoms with van der Waals surface area (Å²) >= 11 is 0. The summed E-state index contributed by atoms with van der Waals surface area (Å²) in [6, 6.07) is 5.88. The minimum Gasteiger partial charge on any atom is -0.481 e. The van der Waals surface area contributed by atoms with Crippen molar-refractivity contribution >= 4 is 23.3 Å². The molecule has 1 amide bonds. The van der Waals surface area contributed by atoms with E-state index in [1.807, 2.05) is 25.1 Å². The third-order valence-corrected chi connectivity index (χ3v) is 4.84. The number of carbonyl (C=O) groups is 2. The van der Waals surface area contributed by atoms with E-state index in [4.69, 9.17) is 0 Å². The number of aromatic nitrogens is 2. The molecule has 31 heavy (non-hydrogen) atoms. The van der Waals surface area contributed by atoms with Crippen LogP contribution in [0.4, 0.5) is 11.4 Å². The van der Waals surface area contributed by atoms with E-state index in [2.05, 4.69) is 47.9 Å². The van der Waals surface area contributed by atoms with Gasteiger partial charge in [0.2, 0.25) is 5.91 Å². The van der Waals surface area contributed by atoms with Gasteiger partial charge >= 0.3 is 5.97 Å². The average molecular weight is 427 g/mol. The van der Waals surface area contributed by atoms with Crippen LogP contribution < -0.4 is 10.2 Å². The van der Waals surface area contributed by atoms with Crippen molar-refractivity contribution in [2.75, 3.05) is 23.3 Å². The number of carboxylic acids is 1. The molecule has 0 aliphatic carbocycles. The van der Waals surface area contributed by atoms with Crippen LogP contribution in [0, 0.1) is 11.8 Å². The van der Waals surface area contributed by atoms with Crippen molar-refractivity contribution in [1.82, 2.24) is 9.97 Å². The minimum atomic E-state index is -0.840. The second-order valence-corrected chi connectivity index (χ2v) is 8.94. The highest BCUT2D eigenvalue weighted by molar-refractivity contribution is 5.95. The first-order valence-electron chi connectivity index (χ1n) is 10.8. The van der Waals surface area contributed by atoms with Crippen molar-refractivity contribution < 1.29 is 14.7 Å². The van der Waals surface area contributed by atoms with Crippen LogP contribution in [0.5, 0.6) is 0 Å². The summed E-state index contributed by atoms with van der Waals surface area (Å²) < 4.78 is 0. The lowest BCUT2D eigenvalue weighted by Gasteiger charge is -2.31. The molecule has 0 bridgehead atoms. The molecule has 0 aliphatic rings. The van der Waals surface area contributed by atoms with E-state index in [0.717, 1.165) is 29.9 Å². The lowest BCUT2D eigenvalue weighted by molar-refractivity contribution is -0.137. The molecule has 0 radical (unpaired) electrons. The molecule has 2 N–H and O–H groups in total. The van der Waals surface area contributed by atoms with Crippen LogP contribution in [0.2, 0.25) is 0 Å². The van der Waals surface area contributed by atoms with Crippen LogP contribution in [0.25, 0.3) is 0 Å². The summed E-state index contributed by atoms with van der Waals surface area (Å²) in [5, 5.41) is 12.2. The van der Waals surface area contributed by atoms with Crippen LogP contribution in [0.1, 0.15) is 58.1 Å². The second-order valence-electron chi connectivity index (χ2n) is 8.94. The zero-order valence-electron chi connectivity index (χ0n) is 19.1. The number of rotatable bonds is 11. The van der Waals surface area contributed by atoms with Gasteiger partial charge in [-0.05, 0) is 41.0 Å². The highest BCUT2D eigenvalue weighted by Gasteiger charge is 2.19. The fraction of sp³-hybridized carbons (Fsp3) is 0.500. The molecule has 1 aromatic carbocycles. The lowest BCUT2D eigenvalue weighted by Crippen LogP contribution is -2.32. The molecule has 1 heterocycles. The molecule has 2 rings (SSSR count). The zero-order chi connectivity index (χ0) is 23.0. The predicted molar refractivity (Wildman–Crippen MR) is 123 cm³/mol. The Bertz CT molecular complexity index is 858. The molecule has 1 aromatic heterocycles. The number of hydrogen-bond acceptors (Lipinski definition) is 5. The van der Waals surface area contributed by atoms with Crippen LogP contribution in [-0.4, -0.2) is 40.0 Å². The Morgan fingerprint density at radius 2 is 1.65 bits per heavy atom. The first-order valence-corrected chi connectivity index (χ1v) is 10.8. The number of aliphatic carboxylic acids is 1. The van der Waals surface area contributed by atoms with Crippen molar-refractivity contribution in [3.05, 3.63) is 48.0 Å². The number of carbonyl (C=O) groups excluding carboxylic acids is 1. The summed E-state index contributed by atoms with van der Waals surface area (Å²) in [4.78, 5) is 34.2. The van der Waals surface area contributed by atoms with Crippen LogP contribution in [0.3, 0.4) is 0 Å². The van der Waals surface area contributed by atoms with Crippen molar-refractivity contribution in [3.8, 4) is 0 Å². The molecule has 0 unspecified atom stereocenters. The summed E-state index contributed by atoms with van der Waals surface area (Å²) in [5.41, 5.74) is 3.28. The summed E-state index contributed by atoms with van der Waals surface area (Å²) in [6.07, 6.45) is 4.90. The first-order chi connectivity index (χ1) is 14.7. The number of carboxylic acid groups (broad SMARTS) is 1. The smallest absolute Gasteiger partial charge is 0.303 e. The second kappa shape index (κ2) is 11.4. The largest absolute Gasteiger partial charge is 0.481 e. The Kier molecular flexibility index (Phi) is 8.97. The number of nitrogens with zero attached hydrogens (tertiary/aromatic N) is 3. The number of nitrogens with one attached hydrogen (secondary N) is 1. The van der Waals surface area contributed by atoms with Crippen LogP contribution >= 0.6 is 0 Å². The van der Waals surface area contributed by atoms with Gasteiger partial charge in [0, 0.05) is 25.5 Å². The van der Waals surface area contributed by atoms with Gasteiger partial charge in [-0.3, -0.25) is 9.59 Å². The summed E-state index contributed by atoms with van der Waals surface area (Å²) in [7, 11) is 0. The SMILES string of the molecule is CC(C)CN(CC(C)C)c1ccc([C@H](C)CC(=O)O)cc1NC(=O)Cc1cncnc1. The molecular formula is C24H34N4O3. The fourth-order valence-corrected chi connectivity index (χ4v) is 3.57. The number of anilines is 2. The topological polar surface area (TPSA) is 95.4 Å². The van der Waals surface area contributed by atoms with Crippen molar-refractivity contribution in [2.45, 2.75) is 53.4 Å². The van der Waals surface area contributed by atoms with Crippen molar-refractivity contribution in [2.24, 2.45) is 11.8 Å². The monoisotopic (exact) mass is 426 g/mol. The van der Waals surface area contributed by atoms with Gasteiger partial charge in [0.25, 0.3) is 0 Å². The number of hydrogen-bond donors (Lipinski definition) is 2. The maximum absolute atomic E-state index is 12.8. The molecule has 0 fully saturated rings. The number of amides is 1. The van der Waals surface area contributed by atoms with Crippen LogP contribution in [-0.2, 0) is 16.0 Å². The molecule has 7 nitrogen and oxygen atoms in total. The molecule has 168 valence electrons. The predicted octanol–water partition coefficient (Wildman–Crippen LogP) is 4.35. The maximum atomic E-state index is 12.8. The Morgan fingerprint density at radius 1 is 1.03 bits per heavy atom. The molecule has 0 spiro atoms. The average Bonchev–Trinajstić information content (AvgIpc) is 2.67. The van der Waals surface area contributed by atoms with Gasteiger partial charge in [0.1, 0.15) is 6.33 Å². The third-order valence-electron chi connectivity index (χ3n) is 4.84. The third kappa shape index (κ3) is 8.00. The Morgan fingerprint density at radius 3 is 2.19 bits per heavy atom. The Labute approximate surface area is 184 Å². The van der Waals surface area contributed by atoms with E-state index in [1.165, 1.54) is 6.33 Å². The zero-order valence-corrected chi connectivity index (χ0v) is 19.1. The standard InChI is InChI=1S/C24H34N4O3/c1-16(2)13-28(14-17(3)4)22-7-6-20(18(5)8-24(30)31)10-21(22)27-23(29)9-19-11-25-15-26-12-19/h6-7,10-12,15-18H,8-9,13-14H2,1-5H3,(H,27,29)(H,30,31)/t18-/m1/s1. The normalized spacial score (nSPS) is 12.1. The van der Waals surface area contributed by atoms with Gasteiger partial charge in [-0.15, -0.1) is 0 Å². The molecule has 0 saturated carbocycles. The first kappa shape index (κ1) is 24.3. The van der Waals surface area contributed by atoms with Crippen molar-refractivity contribution in [3.63, 3.8) is 0 Å². The Balaban J connectivity index is 2.37. The molecule has 1 atom stereocenters. The van der Waals surface area contributed by atoms with Gasteiger partial charge in [-0.25, -0.2) is 9.97 Å². The van der Waals surface area contributed by atoms with Gasteiger partial charge in [0.15, 0.2) is 0 Å². The van der Waals surface area contributed by atoms with E-state index in [0.29, 0.717) is 17.5 Å². The molecule has 0 saturated heterocycles. The van der Waals surface area contributed by atoms with E-state index >= 15 is 0 Å². The molecule has 2 aromatic rings. The fourth-order valence-electron chi connectivity index (χ4n) is 3.57. The molecule has 0 aliphatic heterocycles. The van der Waals surface area contributed by atoms with Gasteiger partial charge in [-0.2, -0.15) is 0 Å². The van der Waals surface area contributed by atoms with Gasteiger partial charge in [-0.1, -0.05) is 40.7 Å². The van der Waals surface area contributed by atoms with E-state index in [9.17, 15) is 14.7 Å². The van der Waals surface area contributed by atoms with E-state index in [-0.39, 0.29) is 24.7 Å². The van der Waals surface area contributed by atoms with Gasteiger partial charge in [0.05, 0.1) is 24.2 Å². The maximum Gasteiger partial charge on any atom is 0.303 e. The minimum absolute atomic E-state index is 0.0375. The number of benzene rings is 1. The highest BCUT2D eigenvalue weighted by atomic mass is 16.4. The van der Waals surface area contributed by atoms with E-state index in [1.54, 1.807) is 12.4 Å². The van der Waals surface area contributed by atoms with Gasteiger partial charge < -0.3 is 15.3 Å².